The standard InChI is InChI=1S/C22H26N2O7S/c1-16-3-8-19(13-20(16)32(27,28)24-9-11-30-12-10-24)23-21(25)15-31-22(26)18-6-4-17(5-7-18)14-29-2/h3-8,13H,9-12,14-15H2,1-2H3,(H,23,25). The van der Waals surface area contributed by atoms with E-state index in [1.165, 1.54) is 10.4 Å². The number of hydrogen-bond donors (Lipinski definition) is 1. The number of benzene rings is 2. The number of aryl methyl sites for hydroxylation is 1. The molecule has 1 fully saturated rings. The minimum absolute atomic E-state index is 0.116. The highest BCUT2D eigenvalue weighted by atomic mass is 32.2. The molecule has 1 saturated heterocycles. The van der Waals surface area contributed by atoms with E-state index in [1.807, 2.05) is 0 Å². The molecule has 1 amide bonds. The highest BCUT2D eigenvalue weighted by molar-refractivity contribution is 7.89. The zero-order valence-electron chi connectivity index (χ0n) is 18.0. The fraction of sp³-hybridized carbons (Fsp3) is 0.364. The molecule has 10 heteroatoms. The van der Waals surface area contributed by atoms with Crippen LogP contribution >= 0.6 is 0 Å². The maximum Gasteiger partial charge on any atom is 0.338 e. The molecular formula is C22H26N2O7S. The first-order valence-corrected chi connectivity index (χ1v) is 11.5. The molecule has 0 saturated carbocycles. The van der Waals surface area contributed by atoms with Crippen LogP contribution in [0.25, 0.3) is 0 Å². The Hall–Kier alpha value is -2.79. The van der Waals surface area contributed by atoms with E-state index in [1.54, 1.807) is 50.4 Å². The number of rotatable bonds is 8. The molecule has 0 aliphatic carbocycles. The molecule has 2 aromatic carbocycles. The van der Waals surface area contributed by atoms with E-state index in [9.17, 15) is 18.0 Å². The molecule has 1 aliphatic rings. The topological polar surface area (TPSA) is 111 Å². The Morgan fingerprint density at radius 3 is 2.44 bits per heavy atom. The van der Waals surface area contributed by atoms with Crippen LogP contribution in [0.3, 0.4) is 0 Å². The van der Waals surface area contributed by atoms with Crippen molar-refractivity contribution in [1.29, 1.82) is 0 Å². The number of ether oxygens (including phenoxy) is 3. The molecule has 3 rings (SSSR count). The average molecular weight is 463 g/mol. The van der Waals surface area contributed by atoms with Crippen molar-refractivity contribution >= 4 is 27.6 Å². The molecule has 2 aromatic rings. The van der Waals surface area contributed by atoms with Gasteiger partial charge in [-0.25, -0.2) is 13.2 Å². The van der Waals surface area contributed by atoms with Gasteiger partial charge in [-0.15, -0.1) is 0 Å². The molecular weight excluding hydrogens is 436 g/mol. The lowest BCUT2D eigenvalue weighted by atomic mass is 10.1. The average Bonchev–Trinajstić information content (AvgIpc) is 2.80. The first-order chi connectivity index (χ1) is 15.3. The molecule has 1 N–H and O–H groups in total. The summed E-state index contributed by atoms with van der Waals surface area (Å²) < 4.78 is 42.6. The Labute approximate surface area is 187 Å². The second kappa shape index (κ2) is 10.7. The summed E-state index contributed by atoms with van der Waals surface area (Å²) in [6.45, 7) is 2.86. The van der Waals surface area contributed by atoms with Crippen molar-refractivity contribution in [3.05, 3.63) is 59.2 Å². The third-order valence-corrected chi connectivity index (χ3v) is 6.94. The van der Waals surface area contributed by atoms with E-state index in [0.29, 0.717) is 36.6 Å². The maximum absolute atomic E-state index is 13.0. The molecule has 0 spiro atoms. The first-order valence-electron chi connectivity index (χ1n) is 10.0. The molecule has 0 aromatic heterocycles. The fourth-order valence-corrected chi connectivity index (χ4v) is 4.86. The van der Waals surface area contributed by atoms with Gasteiger partial charge >= 0.3 is 5.97 Å². The molecule has 0 unspecified atom stereocenters. The van der Waals surface area contributed by atoms with Crippen LogP contribution in [-0.4, -0.2) is 64.6 Å². The van der Waals surface area contributed by atoms with Gasteiger partial charge in [0.25, 0.3) is 5.91 Å². The van der Waals surface area contributed by atoms with Gasteiger partial charge in [0, 0.05) is 25.9 Å². The zero-order valence-corrected chi connectivity index (χ0v) is 18.8. The summed E-state index contributed by atoms with van der Waals surface area (Å²) in [7, 11) is -2.13. The van der Waals surface area contributed by atoms with E-state index in [-0.39, 0.29) is 18.0 Å². The van der Waals surface area contributed by atoms with Crippen LogP contribution in [0.15, 0.2) is 47.4 Å². The van der Waals surface area contributed by atoms with Gasteiger partial charge < -0.3 is 19.5 Å². The van der Waals surface area contributed by atoms with Gasteiger partial charge in [0.05, 0.1) is 30.3 Å². The van der Waals surface area contributed by atoms with Gasteiger partial charge in [-0.2, -0.15) is 4.31 Å². The predicted molar refractivity (Wildman–Crippen MR) is 117 cm³/mol. The van der Waals surface area contributed by atoms with Crippen molar-refractivity contribution in [2.45, 2.75) is 18.4 Å². The number of methoxy groups -OCH3 is 1. The Bertz CT molecular complexity index is 1060. The minimum Gasteiger partial charge on any atom is -0.452 e. The number of esters is 1. The lowest BCUT2D eigenvalue weighted by molar-refractivity contribution is -0.119. The molecule has 1 heterocycles. The van der Waals surface area contributed by atoms with Gasteiger partial charge in [0.1, 0.15) is 0 Å². The molecule has 0 bridgehead atoms. The largest absolute Gasteiger partial charge is 0.452 e. The smallest absolute Gasteiger partial charge is 0.338 e. The van der Waals surface area contributed by atoms with Crippen LogP contribution < -0.4 is 5.32 Å². The molecule has 9 nitrogen and oxygen atoms in total. The Morgan fingerprint density at radius 2 is 1.78 bits per heavy atom. The first kappa shape index (κ1) is 23.9. The van der Waals surface area contributed by atoms with Crippen LogP contribution in [0.1, 0.15) is 21.5 Å². The number of sulfonamides is 1. The normalized spacial score (nSPS) is 14.7. The van der Waals surface area contributed by atoms with E-state index in [2.05, 4.69) is 5.32 Å². The number of carbonyl (C=O) groups is 2. The zero-order chi connectivity index (χ0) is 23.1. The summed E-state index contributed by atoms with van der Waals surface area (Å²) in [6.07, 6.45) is 0. The summed E-state index contributed by atoms with van der Waals surface area (Å²) in [5, 5.41) is 2.58. The SMILES string of the molecule is COCc1ccc(C(=O)OCC(=O)Nc2ccc(C)c(S(=O)(=O)N3CCOCC3)c2)cc1. The van der Waals surface area contributed by atoms with Crippen molar-refractivity contribution in [3.63, 3.8) is 0 Å². The van der Waals surface area contributed by atoms with Crippen LogP contribution in [0.2, 0.25) is 0 Å². The van der Waals surface area contributed by atoms with Gasteiger partial charge in [-0.05, 0) is 42.3 Å². The highest BCUT2D eigenvalue weighted by Crippen LogP contribution is 2.24. The van der Waals surface area contributed by atoms with E-state index >= 15 is 0 Å². The molecule has 32 heavy (non-hydrogen) atoms. The van der Waals surface area contributed by atoms with Crippen molar-refractivity contribution in [1.82, 2.24) is 4.31 Å². The monoisotopic (exact) mass is 462 g/mol. The van der Waals surface area contributed by atoms with E-state index in [0.717, 1.165) is 5.56 Å². The summed E-state index contributed by atoms with van der Waals surface area (Å²) in [4.78, 5) is 24.5. The van der Waals surface area contributed by atoms with Gasteiger partial charge in [-0.1, -0.05) is 18.2 Å². The fourth-order valence-electron chi connectivity index (χ4n) is 3.20. The maximum atomic E-state index is 13.0. The third-order valence-electron chi connectivity index (χ3n) is 4.89. The van der Waals surface area contributed by atoms with Crippen LogP contribution in [0.4, 0.5) is 5.69 Å². The quantitative estimate of drug-likeness (QED) is 0.597. The highest BCUT2D eigenvalue weighted by Gasteiger charge is 2.28. The van der Waals surface area contributed by atoms with Gasteiger partial charge in [0.2, 0.25) is 10.0 Å². The van der Waals surface area contributed by atoms with Crippen LogP contribution in [0, 0.1) is 6.92 Å². The van der Waals surface area contributed by atoms with Gasteiger partial charge in [0.15, 0.2) is 6.61 Å². The molecule has 172 valence electrons. The lowest BCUT2D eigenvalue weighted by Crippen LogP contribution is -2.40. The predicted octanol–water partition coefficient (Wildman–Crippen LogP) is 1.96. The Balaban J connectivity index is 1.61. The number of anilines is 1. The minimum atomic E-state index is -3.71. The summed E-state index contributed by atoms with van der Waals surface area (Å²) in [5.41, 5.74) is 2.08. The van der Waals surface area contributed by atoms with E-state index in [4.69, 9.17) is 14.2 Å². The molecule has 0 radical (unpaired) electrons. The van der Waals surface area contributed by atoms with Crippen LogP contribution in [0.5, 0.6) is 0 Å². The third kappa shape index (κ3) is 5.92. The Kier molecular flexibility index (Phi) is 7.97. The lowest BCUT2D eigenvalue weighted by Gasteiger charge is -2.26. The number of nitrogens with one attached hydrogen (secondary N) is 1. The number of morpholine rings is 1. The molecule has 0 atom stereocenters. The molecule has 1 aliphatic heterocycles. The second-order valence-corrected chi connectivity index (χ2v) is 9.16. The van der Waals surface area contributed by atoms with Crippen LogP contribution in [-0.2, 0) is 35.6 Å². The van der Waals surface area contributed by atoms with Crippen molar-refractivity contribution in [2.75, 3.05) is 45.3 Å². The van der Waals surface area contributed by atoms with Crippen molar-refractivity contribution in [2.24, 2.45) is 0 Å². The summed E-state index contributed by atoms with van der Waals surface area (Å²) in [5.74, 6) is -1.21. The number of nitrogens with zero attached hydrogens (tertiary/aromatic N) is 1. The summed E-state index contributed by atoms with van der Waals surface area (Å²) >= 11 is 0. The summed E-state index contributed by atoms with van der Waals surface area (Å²) in [6, 6.07) is 11.3. The van der Waals surface area contributed by atoms with Crippen molar-refractivity contribution < 1.29 is 32.2 Å². The second-order valence-electron chi connectivity index (χ2n) is 7.25. The number of amides is 1. The number of carbonyl (C=O) groups excluding carboxylic acids is 2. The van der Waals surface area contributed by atoms with Gasteiger partial charge in [-0.3, -0.25) is 4.79 Å². The van der Waals surface area contributed by atoms with Crippen molar-refractivity contribution in [3.8, 4) is 0 Å². The van der Waals surface area contributed by atoms with E-state index < -0.39 is 28.5 Å². The number of hydrogen-bond acceptors (Lipinski definition) is 7. The Morgan fingerprint density at radius 1 is 1.09 bits per heavy atom.